The van der Waals surface area contributed by atoms with Gasteiger partial charge in [0.1, 0.15) is 6.17 Å². The van der Waals surface area contributed by atoms with Crippen LogP contribution in [0.3, 0.4) is 0 Å². The van der Waals surface area contributed by atoms with Crippen LogP contribution in [-0.2, 0) is 11.8 Å². The van der Waals surface area contributed by atoms with Gasteiger partial charge >= 0.3 is 6.18 Å². The predicted molar refractivity (Wildman–Crippen MR) is 112 cm³/mol. The third-order valence-corrected chi connectivity index (χ3v) is 5.28. The summed E-state index contributed by atoms with van der Waals surface area (Å²) >= 11 is 3.43. The molecule has 0 aromatic heterocycles. The molecule has 2 atom stereocenters. The number of nitrogens with zero attached hydrogens (tertiary/aromatic N) is 1. The summed E-state index contributed by atoms with van der Waals surface area (Å²) in [7, 11) is 0. The van der Waals surface area contributed by atoms with Crippen molar-refractivity contribution in [1.29, 1.82) is 0 Å². The third-order valence-electron chi connectivity index (χ3n) is 4.75. The Bertz CT molecular complexity index is 1000. The molecule has 3 aromatic rings. The predicted octanol–water partition coefficient (Wildman–Crippen LogP) is 6.11. The zero-order chi connectivity index (χ0) is 20.5. The Morgan fingerprint density at radius 3 is 2.17 bits per heavy atom. The van der Waals surface area contributed by atoms with E-state index in [4.69, 9.17) is 0 Å². The van der Waals surface area contributed by atoms with Gasteiger partial charge in [-0.15, -0.1) is 0 Å². The van der Waals surface area contributed by atoms with Crippen molar-refractivity contribution in [1.82, 2.24) is 5.32 Å². The molecule has 3 nitrogen and oxygen atoms in total. The summed E-state index contributed by atoms with van der Waals surface area (Å²) in [5.74, 6) is 0. The number of anilines is 1. The van der Waals surface area contributed by atoms with Crippen molar-refractivity contribution in [3.8, 4) is 0 Å². The molecule has 2 unspecified atom stereocenters. The molecule has 3 aromatic carbocycles. The quantitative estimate of drug-likeness (QED) is 0.493. The highest BCUT2D eigenvalue weighted by atomic mass is 79.9. The van der Waals surface area contributed by atoms with E-state index in [1.165, 1.54) is 12.1 Å². The van der Waals surface area contributed by atoms with Gasteiger partial charge in [0, 0.05) is 16.4 Å². The fourth-order valence-electron chi connectivity index (χ4n) is 3.26. The maximum atomic E-state index is 12.9. The second kappa shape index (κ2) is 7.65. The SMILES string of the molecule is FC(F)(F)c1ccc(C2N=CC(Nc3ccc(Br)cc3)(c3ccccc3)N2)cc1. The first kappa shape index (κ1) is 19.7. The number of aliphatic imine (C=N–C) groups is 1. The number of rotatable bonds is 4. The lowest BCUT2D eigenvalue weighted by Crippen LogP contribution is -2.47. The molecule has 1 aliphatic rings. The minimum atomic E-state index is -4.36. The van der Waals surface area contributed by atoms with E-state index in [0.717, 1.165) is 27.9 Å². The molecule has 148 valence electrons. The first-order valence-electron chi connectivity index (χ1n) is 8.94. The van der Waals surface area contributed by atoms with Gasteiger partial charge in [0.25, 0.3) is 0 Å². The van der Waals surface area contributed by atoms with Crippen LogP contribution in [0.15, 0.2) is 88.3 Å². The van der Waals surface area contributed by atoms with Crippen molar-refractivity contribution in [2.75, 3.05) is 5.32 Å². The van der Waals surface area contributed by atoms with Gasteiger partial charge in [0.2, 0.25) is 0 Å². The van der Waals surface area contributed by atoms with Gasteiger partial charge in [-0.25, -0.2) is 0 Å². The van der Waals surface area contributed by atoms with Crippen LogP contribution >= 0.6 is 15.9 Å². The molecular formula is C22H17BrF3N3. The molecule has 2 N–H and O–H groups in total. The van der Waals surface area contributed by atoms with E-state index in [9.17, 15) is 13.2 Å². The maximum Gasteiger partial charge on any atom is 0.416 e. The van der Waals surface area contributed by atoms with Gasteiger partial charge in [-0.3, -0.25) is 10.3 Å². The van der Waals surface area contributed by atoms with E-state index in [2.05, 4.69) is 31.6 Å². The van der Waals surface area contributed by atoms with Crippen LogP contribution in [0.5, 0.6) is 0 Å². The second-order valence-electron chi connectivity index (χ2n) is 6.75. The van der Waals surface area contributed by atoms with Crippen molar-refractivity contribution in [3.05, 3.63) is 100 Å². The molecule has 4 rings (SSSR count). The van der Waals surface area contributed by atoms with E-state index in [0.29, 0.717) is 5.56 Å². The molecular weight excluding hydrogens is 443 g/mol. The largest absolute Gasteiger partial charge is 0.416 e. The summed E-state index contributed by atoms with van der Waals surface area (Å²) in [6, 6.07) is 22.6. The number of hydrogen-bond acceptors (Lipinski definition) is 3. The molecule has 1 heterocycles. The highest BCUT2D eigenvalue weighted by Gasteiger charge is 2.38. The molecule has 0 saturated carbocycles. The lowest BCUT2D eigenvalue weighted by Gasteiger charge is -2.31. The molecule has 29 heavy (non-hydrogen) atoms. The number of nitrogens with one attached hydrogen (secondary N) is 2. The summed E-state index contributed by atoms with van der Waals surface area (Å²) in [4.78, 5) is 4.55. The molecule has 0 saturated heterocycles. The first-order chi connectivity index (χ1) is 13.9. The molecule has 0 amide bonds. The highest BCUT2D eigenvalue weighted by molar-refractivity contribution is 9.10. The molecule has 1 aliphatic heterocycles. The average Bonchev–Trinajstić information content (AvgIpc) is 3.15. The topological polar surface area (TPSA) is 36.4 Å². The molecule has 0 aliphatic carbocycles. The van der Waals surface area contributed by atoms with Gasteiger partial charge in [0.15, 0.2) is 5.66 Å². The van der Waals surface area contributed by atoms with E-state index in [1.807, 2.05) is 54.6 Å². The fourth-order valence-corrected chi connectivity index (χ4v) is 3.52. The maximum absolute atomic E-state index is 12.9. The Hall–Kier alpha value is -2.64. The first-order valence-corrected chi connectivity index (χ1v) is 9.73. The van der Waals surface area contributed by atoms with Crippen molar-refractivity contribution in [2.45, 2.75) is 18.0 Å². The summed E-state index contributed by atoms with van der Waals surface area (Å²) < 4.78 is 39.5. The Kier molecular flexibility index (Phi) is 5.19. The zero-order valence-electron chi connectivity index (χ0n) is 15.1. The van der Waals surface area contributed by atoms with E-state index < -0.39 is 23.6 Å². The Balaban J connectivity index is 1.64. The Labute approximate surface area is 174 Å². The fraction of sp³-hybridized carbons (Fsp3) is 0.136. The second-order valence-corrected chi connectivity index (χ2v) is 7.67. The van der Waals surface area contributed by atoms with E-state index in [1.54, 1.807) is 6.21 Å². The zero-order valence-corrected chi connectivity index (χ0v) is 16.7. The van der Waals surface area contributed by atoms with Gasteiger partial charge in [-0.2, -0.15) is 13.2 Å². The van der Waals surface area contributed by atoms with Crippen LogP contribution in [0.4, 0.5) is 18.9 Å². The molecule has 0 radical (unpaired) electrons. The summed E-state index contributed by atoms with van der Waals surface area (Å²) in [5.41, 5.74) is 1.02. The van der Waals surface area contributed by atoms with Crippen LogP contribution < -0.4 is 10.6 Å². The lowest BCUT2D eigenvalue weighted by atomic mass is 10.00. The number of hydrogen-bond donors (Lipinski definition) is 2. The van der Waals surface area contributed by atoms with Gasteiger partial charge < -0.3 is 5.32 Å². The smallest absolute Gasteiger partial charge is 0.359 e. The normalized spacial score (nSPS) is 21.3. The Morgan fingerprint density at radius 2 is 1.55 bits per heavy atom. The lowest BCUT2D eigenvalue weighted by molar-refractivity contribution is -0.137. The van der Waals surface area contributed by atoms with E-state index in [-0.39, 0.29) is 0 Å². The van der Waals surface area contributed by atoms with Crippen LogP contribution in [0.25, 0.3) is 0 Å². The molecule has 7 heteroatoms. The number of alkyl halides is 3. The van der Waals surface area contributed by atoms with Gasteiger partial charge in [-0.05, 0) is 47.5 Å². The summed E-state index contributed by atoms with van der Waals surface area (Å²) in [6.07, 6.45) is -3.06. The van der Waals surface area contributed by atoms with Crippen molar-refractivity contribution >= 4 is 27.8 Å². The standard InChI is InChI=1S/C22H17BrF3N3/c23-18-10-12-19(13-11-18)28-21(16-4-2-1-3-5-16)14-27-20(29-21)15-6-8-17(9-7-15)22(24,25)26/h1-14,20,28-29H. The minimum Gasteiger partial charge on any atom is -0.359 e. The highest BCUT2D eigenvalue weighted by Crippen LogP contribution is 2.34. The van der Waals surface area contributed by atoms with Crippen LogP contribution in [0, 0.1) is 0 Å². The van der Waals surface area contributed by atoms with Gasteiger partial charge in [0.05, 0.1) is 5.56 Å². The number of benzene rings is 3. The molecule has 0 bridgehead atoms. The van der Waals surface area contributed by atoms with Crippen LogP contribution in [0.2, 0.25) is 0 Å². The summed E-state index contributed by atoms with van der Waals surface area (Å²) in [6.45, 7) is 0. The van der Waals surface area contributed by atoms with Crippen molar-refractivity contribution in [3.63, 3.8) is 0 Å². The minimum absolute atomic E-state index is 0.472. The van der Waals surface area contributed by atoms with Crippen molar-refractivity contribution < 1.29 is 13.2 Å². The average molecular weight is 460 g/mol. The monoisotopic (exact) mass is 459 g/mol. The van der Waals surface area contributed by atoms with Crippen LogP contribution in [0.1, 0.15) is 22.9 Å². The third kappa shape index (κ3) is 4.21. The molecule has 0 fully saturated rings. The van der Waals surface area contributed by atoms with E-state index >= 15 is 0 Å². The number of halogens is 4. The Morgan fingerprint density at radius 1 is 0.897 bits per heavy atom. The molecule has 0 spiro atoms. The van der Waals surface area contributed by atoms with Crippen molar-refractivity contribution in [2.24, 2.45) is 4.99 Å². The van der Waals surface area contributed by atoms with Crippen LogP contribution in [-0.4, -0.2) is 6.21 Å². The van der Waals surface area contributed by atoms with Gasteiger partial charge in [-0.1, -0.05) is 58.4 Å². The summed E-state index contributed by atoms with van der Waals surface area (Å²) in [5, 5.41) is 6.90.